The molecule has 2 aliphatic rings. The van der Waals surface area contributed by atoms with Crippen LogP contribution in [0.4, 0.5) is 21.7 Å². The Morgan fingerprint density at radius 1 is 0.875 bits per heavy atom. The monoisotopic (exact) mass is 760 g/mol. The number of ether oxygens (including phenoxy) is 1. The Bertz CT molecular complexity index is 2020. The molecule has 0 unspecified atom stereocenters. The van der Waals surface area contributed by atoms with E-state index in [2.05, 4.69) is 78.1 Å². The zero-order chi connectivity index (χ0) is 39.8. The van der Waals surface area contributed by atoms with E-state index in [0.717, 1.165) is 96.4 Å². The van der Waals surface area contributed by atoms with E-state index in [0.29, 0.717) is 48.7 Å². The summed E-state index contributed by atoms with van der Waals surface area (Å²) in [5.74, 6) is 2.02. The van der Waals surface area contributed by atoms with Crippen molar-refractivity contribution in [3.8, 4) is 17.0 Å². The van der Waals surface area contributed by atoms with Crippen LogP contribution in [0.3, 0.4) is 0 Å². The van der Waals surface area contributed by atoms with Gasteiger partial charge in [0.2, 0.25) is 5.88 Å². The number of fused-ring (bicyclic) bond motifs is 1. The lowest BCUT2D eigenvalue weighted by molar-refractivity contribution is 0.214. The van der Waals surface area contributed by atoms with Crippen molar-refractivity contribution >= 4 is 28.1 Å². The van der Waals surface area contributed by atoms with Crippen molar-refractivity contribution in [3.05, 3.63) is 101 Å². The Hall–Kier alpha value is -4.80. The molecule has 4 heterocycles. The van der Waals surface area contributed by atoms with Crippen LogP contribution < -0.4 is 19.9 Å². The summed E-state index contributed by atoms with van der Waals surface area (Å²) in [6, 6.07) is 21.0. The molecular formula is C46H61FN8O. The minimum atomic E-state index is -0.208. The van der Waals surface area contributed by atoms with E-state index in [4.69, 9.17) is 19.7 Å². The lowest BCUT2D eigenvalue weighted by Crippen LogP contribution is -2.44. The van der Waals surface area contributed by atoms with E-state index < -0.39 is 0 Å². The summed E-state index contributed by atoms with van der Waals surface area (Å²) in [5.41, 5.74) is 5.97. The van der Waals surface area contributed by atoms with Crippen molar-refractivity contribution in [1.29, 1.82) is 0 Å². The van der Waals surface area contributed by atoms with Gasteiger partial charge in [0.1, 0.15) is 18.2 Å². The van der Waals surface area contributed by atoms with Gasteiger partial charge in [0.15, 0.2) is 5.82 Å². The average molecular weight is 761 g/mol. The Labute approximate surface area is 333 Å². The van der Waals surface area contributed by atoms with Crippen molar-refractivity contribution in [2.24, 2.45) is 0 Å². The quantitative estimate of drug-likeness (QED) is 0.134. The second kappa shape index (κ2) is 18.9. The van der Waals surface area contributed by atoms with Crippen molar-refractivity contribution in [2.45, 2.75) is 85.5 Å². The molecule has 1 aliphatic carbocycles. The number of hydrogen-bond donors (Lipinski definition) is 1. The molecule has 1 aliphatic heterocycles. The zero-order valence-corrected chi connectivity index (χ0v) is 34.8. The van der Waals surface area contributed by atoms with Gasteiger partial charge in [0.25, 0.3) is 0 Å². The minimum absolute atomic E-state index is 0.208. The van der Waals surface area contributed by atoms with Gasteiger partial charge in [-0.2, -0.15) is 0 Å². The van der Waals surface area contributed by atoms with Gasteiger partial charge < -0.3 is 29.7 Å². The lowest BCUT2D eigenvalue weighted by atomic mass is 9.88. The number of nitrogens with one attached hydrogen (secondary N) is 1. The number of piperazine rings is 1. The zero-order valence-electron chi connectivity index (χ0n) is 34.8. The largest absolute Gasteiger partial charge is 0.473 e. The molecule has 9 nitrogen and oxygen atoms in total. The third-order valence-electron chi connectivity index (χ3n) is 11.4. The molecule has 7 rings (SSSR count). The van der Waals surface area contributed by atoms with E-state index in [1.807, 2.05) is 69.4 Å². The van der Waals surface area contributed by atoms with Gasteiger partial charge in [-0.1, -0.05) is 44.2 Å². The molecule has 0 spiro atoms. The van der Waals surface area contributed by atoms with Crippen molar-refractivity contribution < 1.29 is 9.13 Å². The van der Waals surface area contributed by atoms with Crippen molar-refractivity contribution in [1.82, 2.24) is 24.8 Å². The first-order chi connectivity index (χ1) is 27.2. The Morgan fingerprint density at radius 3 is 2.25 bits per heavy atom. The van der Waals surface area contributed by atoms with E-state index in [1.165, 1.54) is 0 Å². The Kier molecular flexibility index (Phi) is 13.8. The minimum Gasteiger partial charge on any atom is -0.473 e. The fraction of sp³-hybridized carbons (Fsp3) is 0.457. The maximum absolute atomic E-state index is 17.4. The summed E-state index contributed by atoms with van der Waals surface area (Å²) in [5, 5.41) is 5.36. The maximum Gasteiger partial charge on any atom is 0.219 e. The van der Waals surface area contributed by atoms with Crippen LogP contribution in [0.2, 0.25) is 0 Å². The summed E-state index contributed by atoms with van der Waals surface area (Å²) in [4.78, 5) is 23.8. The van der Waals surface area contributed by atoms with Crippen LogP contribution in [0.25, 0.3) is 21.9 Å². The summed E-state index contributed by atoms with van der Waals surface area (Å²) < 4.78 is 23.7. The standard InChI is InChI=1S/C44H55FN8O.C2H6/c1-7-53(35-16-14-34(15-17-35)50(4)5)42-36-19-20-46-43(48-28-39-30(2)25-31(3)49-44(39)54-29-32-11-9-8-10-12-32)38(36)26-37(41(42)45)33-13-18-40(47-27-33)52-23-21-51(6)22-24-52;1-2/h8-13,18-20,25-27,34-35H,7,14-17,21-24,28-29H2,1-6H3,(H,46,48);1-2H3. The average Bonchev–Trinajstić information content (AvgIpc) is 3.22. The third kappa shape index (κ3) is 9.24. The first-order valence-electron chi connectivity index (χ1n) is 20.5. The molecule has 2 aromatic carbocycles. The third-order valence-corrected chi connectivity index (χ3v) is 11.4. The van der Waals surface area contributed by atoms with Gasteiger partial charge in [0, 0.05) is 96.9 Å². The Balaban J connectivity index is 0.00000262. The Morgan fingerprint density at radius 2 is 1.59 bits per heavy atom. The number of hydrogen-bond acceptors (Lipinski definition) is 9. The predicted molar refractivity (Wildman–Crippen MR) is 231 cm³/mol. The smallest absolute Gasteiger partial charge is 0.219 e. The van der Waals surface area contributed by atoms with Crippen molar-refractivity contribution in [2.75, 3.05) is 69.0 Å². The summed E-state index contributed by atoms with van der Waals surface area (Å²) in [6.45, 7) is 15.6. The molecule has 2 fully saturated rings. The second-order valence-electron chi connectivity index (χ2n) is 15.2. The van der Waals surface area contributed by atoms with E-state index in [1.54, 1.807) is 6.20 Å². The molecular weight excluding hydrogens is 700 g/mol. The summed E-state index contributed by atoms with van der Waals surface area (Å²) in [6.07, 6.45) is 7.86. The van der Waals surface area contributed by atoms with Gasteiger partial charge >= 0.3 is 0 Å². The lowest BCUT2D eigenvalue weighted by Gasteiger charge is -2.40. The number of halogens is 1. The highest BCUT2D eigenvalue weighted by atomic mass is 19.1. The fourth-order valence-electron chi connectivity index (χ4n) is 8.23. The normalized spacial score (nSPS) is 17.4. The number of rotatable bonds is 12. The SMILES string of the molecule is CC.CCN(c1c(F)c(-c2ccc(N3CCN(C)CC3)nc2)cc2c(NCc3c(C)cc(C)nc3OCc3ccccc3)nccc12)C1CCC(N(C)C)CC1. The molecule has 1 saturated heterocycles. The van der Waals surface area contributed by atoms with E-state index in [9.17, 15) is 0 Å². The van der Waals surface area contributed by atoms with E-state index >= 15 is 4.39 Å². The molecule has 56 heavy (non-hydrogen) atoms. The number of nitrogens with zero attached hydrogens (tertiary/aromatic N) is 7. The first-order valence-corrected chi connectivity index (χ1v) is 20.5. The number of aromatic nitrogens is 3. The topological polar surface area (TPSA) is 72.9 Å². The van der Waals surface area contributed by atoms with Crippen LogP contribution in [0.15, 0.2) is 73.1 Å². The molecule has 0 amide bonds. The molecule has 10 heteroatoms. The summed E-state index contributed by atoms with van der Waals surface area (Å²) >= 11 is 0. The molecule has 3 aromatic heterocycles. The maximum atomic E-state index is 17.4. The number of anilines is 3. The number of likely N-dealkylation sites (N-methyl/N-ethyl adjacent to an activating group) is 1. The predicted octanol–water partition coefficient (Wildman–Crippen LogP) is 9.12. The molecule has 0 bridgehead atoms. The molecule has 0 atom stereocenters. The molecule has 5 aromatic rings. The first kappa shape index (κ1) is 40.9. The highest BCUT2D eigenvalue weighted by Crippen LogP contribution is 2.42. The fourth-order valence-corrected chi connectivity index (χ4v) is 8.23. The van der Waals surface area contributed by atoms with Crippen LogP contribution >= 0.6 is 0 Å². The van der Waals surface area contributed by atoms with Crippen LogP contribution in [0.1, 0.15) is 68.8 Å². The highest BCUT2D eigenvalue weighted by molar-refractivity contribution is 6.03. The molecule has 1 saturated carbocycles. The van der Waals surface area contributed by atoms with Crippen LogP contribution in [-0.4, -0.2) is 90.7 Å². The van der Waals surface area contributed by atoms with Gasteiger partial charge in [-0.15, -0.1) is 0 Å². The van der Waals surface area contributed by atoms with Crippen LogP contribution in [0.5, 0.6) is 5.88 Å². The number of pyridine rings is 3. The highest BCUT2D eigenvalue weighted by Gasteiger charge is 2.30. The van der Waals surface area contributed by atoms with Gasteiger partial charge in [-0.25, -0.2) is 19.3 Å². The molecule has 1 N–H and O–H groups in total. The number of benzene rings is 2. The van der Waals surface area contributed by atoms with Crippen molar-refractivity contribution in [3.63, 3.8) is 0 Å². The second-order valence-corrected chi connectivity index (χ2v) is 15.2. The van der Waals surface area contributed by atoms with Crippen LogP contribution in [-0.2, 0) is 13.2 Å². The van der Waals surface area contributed by atoms with E-state index in [-0.39, 0.29) is 11.9 Å². The summed E-state index contributed by atoms with van der Waals surface area (Å²) in [7, 11) is 6.48. The molecule has 0 radical (unpaired) electrons. The number of aryl methyl sites for hydroxylation is 2. The van der Waals surface area contributed by atoms with Crippen LogP contribution in [0, 0.1) is 19.7 Å². The van der Waals surface area contributed by atoms with Gasteiger partial charge in [-0.05, 0) is 109 Å². The molecule has 298 valence electrons. The van der Waals surface area contributed by atoms with Gasteiger partial charge in [-0.3, -0.25) is 0 Å². The van der Waals surface area contributed by atoms with Gasteiger partial charge in [0.05, 0.1) is 5.69 Å².